The van der Waals surface area contributed by atoms with Gasteiger partial charge in [-0.25, -0.2) is 4.98 Å². The lowest BCUT2D eigenvalue weighted by molar-refractivity contribution is -0.121. The van der Waals surface area contributed by atoms with Crippen molar-refractivity contribution in [1.29, 1.82) is 0 Å². The number of carbonyl (C=O) groups excluding carboxylic acids is 3. The van der Waals surface area contributed by atoms with Crippen LogP contribution in [0, 0.1) is 0 Å². The molecule has 0 N–H and O–H groups in total. The van der Waals surface area contributed by atoms with Gasteiger partial charge in [-0.3, -0.25) is 19.3 Å². The van der Waals surface area contributed by atoms with Gasteiger partial charge in [0.05, 0.1) is 43.4 Å². The number of amides is 3. The third-order valence-electron chi connectivity index (χ3n) is 6.15. The monoisotopic (exact) mass is 622 g/mol. The van der Waals surface area contributed by atoms with Crippen LogP contribution in [0.5, 0.6) is 17.2 Å². The number of hydrogen-bond acceptors (Lipinski definition) is 9. The zero-order valence-corrected chi connectivity index (χ0v) is 24.1. The minimum absolute atomic E-state index is 0.177. The molecule has 4 aromatic rings. The van der Waals surface area contributed by atoms with Crippen LogP contribution in [0.3, 0.4) is 0 Å². The summed E-state index contributed by atoms with van der Waals surface area (Å²) in [5.74, 6) is 0.331. The first-order valence-electron chi connectivity index (χ1n) is 12.0. The Labute approximate surface area is 241 Å². The van der Waals surface area contributed by atoms with E-state index in [1.54, 1.807) is 36.4 Å². The molecule has 3 aromatic carbocycles. The van der Waals surface area contributed by atoms with Crippen molar-refractivity contribution < 1.29 is 28.6 Å². The van der Waals surface area contributed by atoms with Crippen LogP contribution >= 0.6 is 27.3 Å². The zero-order valence-electron chi connectivity index (χ0n) is 21.7. The number of hydrazone groups is 1. The molecular formula is C28H23BrN4O6S. The van der Waals surface area contributed by atoms with E-state index in [1.807, 2.05) is 18.2 Å². The third-order valence-corrected chi connectivity index (χ3v) is 7.63. The first-order valence-corrected chi connectivity index (χ1v) is 13.6. The molecule has 0 aliphatic carbocycles. The molecule has 204 valence electrons. The summed E-state index contributed by atoms with van der Waals surface area (Å²) in [7, 11) is 4.54. The van der Waals surface area contributed by atoms with Crippen molar-refractivity contribution in [1.82, 2.24) is 4.98 Å². The number of hydrogen-bond donors (Lipinski definition) is 0. The number of nitrogens with zero attached hydrogens (tertiary/aromatic N) is 4. The van der Waals surface area contributed by atoms with Gasteiger partial charge < -0.3 is 14.2 Å². The summed E-state index contributed by atoms with van der Waals surface area (Å²) in [4.78, 5) is 43.8. The summed E-state index contributed by atoms with van der Waals surface area (Å²) < 4.78 is 18.0. The maximum Gasteiger partial charge on any atom is 0.280 e. The van der Waals surface area contributed by atoms with Crippen molar-refractivity contribution in [2.75, 3.05) is 31.2 Å². The summed E-state index contributed by atoms with van der Waals surface area (Å²) in [6, 6.07) is 15.3. The largest absolute Gasteiger partial charge is 0.493 e. The molecule has 12 heteroatoms. The van der Waals surface area contributed by atoms with E-state index in [0.717, 1.165) is 14.1 Å². The molecule has 0 bridgehead atoms. The summed E-state index contributed by atoms with van der Waals surface area (Å²) in [5.41, 5.74) is 2.02. The molecule has 0 spiro atoms. The number of imide groups is 1. The number of fused-ring (bicyclic) bond motifs is 1. The lowest BCUT2D eigenvalue weighted by atomic mass is 10.2. The molecule has 0 unspecified atom stereocenters. The van der Waals surface area contributed by atoms with Gasteiger partial charge in [0.25, 0.3) is 5.91 Å². The number of ether oxygens (including phenoxy) is 3. The topological polar surface area (TPSA) is 111 Å². The molecule has 0 radical (unpaired) electrons. The number of rotatable bonds is 8. The Morgan fingerprint density at radius 1 is 0.975 bits per heavy atom. The number of carbonyl (C=O) groups is 3. The molecule has 2 heterocycles. The number of aromatic nitrogens is 1. The Kier molecular flexibility index (Phi) is 7.81. The average molecular weight is 623 g/mol. The van der Waals surface area contributed by atoms with Crippen LogP contribution in [0.1, 0.15) is 28.8 Å². The van der Waals surface area contributed by atoms with Crippen LogP contribution in [0.25, 0.3) is 10.2 Å². The predicted molar refractivity (Wildman–Crippen MR) is 156 cm³/mol. The lowest BCUT2D eigenvalue weighted by Crippen LogP contribution is -2.29. The van der Waals surface area contributed by atoms with Crippen LogP contribution in [0.4, 0.5) is 10.8 Å². The molecular weight excluding hydrogens is 600 g/mol. The molecule has 5 rings (SSSR count). The Balaban J connectivity index is 1.53. The third kappa shape index (κ3) is 5.27. The van der Waals surface area contributed by atoms with Gasteiger partial charge in [-0.1, -0.05) is 27.3 Å². The fourth-order valence-electron chi connectivity index (χ4n) is 4.21. The number of anilines is 2. The van der Waals surface area contributed by atoms with Gasteiger partial charge in [-0.2, -0.15) is 10.1 Å². The Bertz CT molecular complexity index is 1610. The van der Waals surface area contributed by atoms with Crippen molar-refractivity contribution in [2.24, 2.45) is 5.10 Å². The smallest absolute Gasteiger partial charge is 0.280 e. The predicted octanol–water partition coefficient (Wildman–Crippen LogP) is 5.42. The van der Waals surface area contributed by atoms with E-state index < -0.39 is 5.91 Å². The first-order chi connectivity index (χ1) is 19.3. The number of benzene rings is 3. The van der Waals surface area contributed by atoms with Crippen LogP contribution in [0.15, 0.2) is 64.2 Å². The summed E-state index contributed by atoms with van der Waals surface area (Å²) in [6.45, 7) is 0. The molecule has 1 aromatic heterocycles. The summed E-state index contributed by atoms with van der Waals surface area (Å²) in [6.07, 6.45) is 1.85. The molecule has 1 fully saturated rings. The molecule has 10 nitrogen and oxygen atoms in total. The Hall–Kier alpha value is -4.29. The standard InChI is InChI=1S/C28H23BrN4O6S/c1-37-21-12-16(13-22(38-2)26(21)39-3)15-30-33(28-31-20-9-6-18(29)14-23(20)40-28)27(36)17-4-7-19(8-5-17)32-24(34)10-11-25(32)35/h4-9,12-15H,10-11H2,1-3H3/b30-15+. The van der Waals surface area contributed by atoms with E-state index in [0.29, 0.717) is 44.7 Å². The highest BCUT2D eigenvalue weighted by Crippen LogP contribution is 2.38. The second kappa shape index (κ2) is 11.4. The molecule has 1 aliphatic heterocycles. The van der Waals surface area contributed by atoms with E-state index in [4.69, 9.17) is 14.2 Å². The molecule has 40 heavy (non-hydrogen) atoms. The summed E-state index contributed by atoms with van der Waals surface area (Å²) >= 11 is 4.78. The minimum atomic E-state index is -0.451. The van der Waals surface area contributed by atoms with Gasteiger partial charge in [0.1, 0.15) is 0 Å². The van der Waals surface area contributed by atoms with E-state index >= 15 is 0 Å². The molecule has 3 amide bonds. The molecule has 1 aliphatic rings. The highest BCUT2D eigenvalue weighted by molar-refractivity contribution is 9.10. The SMILES string of the molecule is COc1cc(/C=N/N(C(=O)c2ccc(N3C(=O)CCC3=O)cc2)c2nc3ccc(Br)cc3s2)cc(OC)c1OC. The van der Waals surface area contributed by atoms with E-state index in [-0.39, 0.29) is 24.7 Å². The minimum Gasteiger partial charge on any atom is -0.493 e. The van der Waals surface area contributed by atoms with Gasteiger partial charge >= 0.3 is 0 Å². The van der Waals surface area contributed by atoms with Crippen molar-refractivity contribution in [3.63, 3.8) is 0 Å². The van der Waals surface area contributed by atoms with E-state index in [2.05, 4.69) is 26.0 Å². The normalized spacial score (nSPS) is 13.3. The fourth-order valence-corrected chi connectivity index (χ4v) is 5.68. The molecule has 1 saturated heterocycles. The molecule has 0 saturated carbocycles. The van der Waals surface area contributed by atoms with Crippen molar-refractivity contribution in [3.05, 3.63) is 70.2 Å². The maximum absolute atomic E-state index is 13.8. The lowest BCUT2D eigenvalue weighted by Gasteiger charge is -2.17. The van der Waals surface area contributed by atoms with Crippen LogP contribution in [-0.4, -0.2) is 50.2 Å². The van der Waals surface area contributed by atoms with E-state index in [1.165, 1.54) is 43.9 Å². The van der Waals surface area contributed by atoms with Crippen molar-refractivity contribution in [2.45, 2.75) is 12.8 Å². The number of halogens is 1. The van der Waals surface area contributed by atoms with Gasteiger partial charge in [-0.05, 0) is 54.6 Å². The van der Waals surface area contributed by atoms with Crippen LogP contribution in [0.2, 0.25) is 0 Å². The average Bonchev–Trinajstić information content (AvgIpc) is 3.53. The Morgan fingerprint density at radius 2 is 1.62 bits per heavy atom. The fraction of sp³-hybridized carbons (Fsp3) is 0.179. The van der Waals surface area contributed by atoms with Gasteiger partial charge in [0, 0.05) is 28.4 Å². The zero-order chi connectivity index (χ0) is 28.4. The summed E-state index contributed by atoms with van der Waals surface area (Å²) in [5, 5.41) is 6.08. The second-order valence-electron chi connectivity index (χ2n) is 8.60. The van der Waals surface area contributed by atoms with Crippen molar-refractivity contribution >= 4 is 72.2 Å². The van der Waals surface area contributed by atoms with Gasteiger partial charge in [0.15, 0.2) is 11.5 Å². The highest BCUT2D eigenvalue weighted by atomic mass is 79.9. The Morgan fingerprint density at radius 3 is 2.23 bits per heavy atom. The molecule has 0 atom stereocenters. The highest BCUT2D eigenvalue weighted by Gasteiger charge is 2.30. The number of thiazole rings is 1. The number of methoxy groups -OCH3 is 3. The van der Waals surface area contributed by atoms with Crippen molar-refractivity contribution in [3.8, 4) is 17.2 Å². The quantitative estimate of drug-likeness (QED) is 0.147. The second-order valence-corrected chi connectivity index (χ2v) is 10.5. The van der Waals surface area contributed by atoms with E-state index in [9.17, 15) is 14.4 Å². The van der Waals surface area contributed by atoms with Crippen LogP contribution < -0.4 is 24.1 Å². The first kappa shape index (κ1) is 27.3. The van der Waals surface area contributed by atoms with Crippen LogP contribution in [-0.2, 0) is 9.59 Å². The van der Waals surface area contributed by atoms with Gasteiger partial charge in [0.2, 0.25) is 22.7 Å². The van der Waals surface area contributed by atoms with Gasteiger partial charge in [-0.15, -0.1) is 0 Å². The maximum atomic E-state index is 13.8.